The van der Waals surface area contributed by atoms with E-state index in [-0.39, 0.29) is 17.6 Å². The number of anilines is 2. The average molecular weight is 414 g/mol. The summed E-state index contributed by atoms with van der Waals surface area (Å²) in [4.78, 5) is 16.6. The molecule has 1 fully saturated rings. The molecule has 0 spiro atoms. The van der Waals surface area contributed by atoms with Crippen molar-refractivity contribution in [3.05, 3.63) is 65.7 Å². The van der Waals surface area contributed by atoms with Crippen molar-refractivity contribution in [2.75, 3.05) is 10.0 Å². The fourth-order valence-corrected chi connectivity index (χ4v) is 5.10. The first kappa shape index (κ1) is 18.6. The molecule has 1 heterocycles. The number of hydrogen-bond acceptors (Lipinski definition) is 5. The molecule has 0 saturated heterocycles. The average Bonchev–Trinajstić information content (AvgIpc) is 3.46. The Kier molecular flexibility index (Phi) is 5.15. The highest BCUT2D eigenvalue weighted by molar-refractivity contribution is 7.93. The number of nitrogens with one attached hydrogen (secondary N) is 2. The molecule has 3 aromatic rings. The molecule has 0 atom stereocenters. The van der Waals surface area contributed by atoms with Crippen molar-refractivity contribution in [3.63, 3.8) is 0 Å². The molecule has 1 aliphatic rings. The monoisotopic (exact) mass is 413 g/mol. The van der Waals surface area contributed by atoms with Crippen molar-refractivity contribution >= 4 is 38.1 Å². The van der Waals surface area contributed by atoms with Crippen molar-refractivity contribution in [2.45, 2.75) is 24.5 Å². The molecule has 144 valence electrons. The highest BCUT2D eigenvalue weighted by Gasteiger charge is 2.36. The zero-order valence-electron chi connectivity index (χ0n) is 15.0. The molecule has 4 rings (SSSR count). The van der Waals surface area contributed by atoms with E-state index < -0.39 is 10.0 Å². The zero-order chi connectivity index (χ0) is 19.6. The van der Waals surface area contributed by atoms with Gasteiger partial charge < -0.3 is 5.32 Å². The van der Waals surface area contributed by atoms with Crippen molar-refractivity contribution < 1.29 is 13.2 Å². The fourth-order valence-electron chi connectivity index (χ4n) is 2.80. The van der Waals surface area contributed by atoms with Crippen LogP contribution in [0, 0.1) is 0 Å². The van der Waals surface area contributed by atoms with Crippen molar-refractivity contribution in [2.24, 2.45) is 0 Å². The van der Waals surface area contributed by atoms with Crippen LogP contribution in [0.15, 0.2) is 60.0 Å². The topological polar surface area (TPSA) is 88.2 Å². The maximum Gasteiger partial charge on any atom is 0.237 e. The summed E-state index contributed by atoms with van der Waals surface area (Å²) in [6.45, 7) is 0. The molecule has 1 aliphatic carbocycles. The number of amides is 1. The maximum absolute atomic E-state index is 12.4. The second kappa shape index (κ2) is 7.73. The second-order valence-corrected chi connectivity index (χ2v) is 9.48. The van der Waals surface area contributed by atoms with Gasteiger partial charge in [0.25, 0.3) is 0 Å². The summed E-state index contributed by atoms with van der Waals surface area (Å²) in [6.07, 6.45) is 1.47. The van der Waals surface area contributed by atoms with Gasteiger partial charge in [-0.25, -0.2) is 13.4 Å². The van der Waals surface area contributed by atoms with Crippen LogP contribution in [0.4, 0.5) is 10.8 Å². The Bertz CT molecular complexity index is 1090. The van der Waals surface area contributed by atoms with Gasteiger partial charge in [0, 0.05) is 11.1 Å². The van der Waals surface area contributed by atoms with Crippen molar-refractivity contribution in [1.29, 1.82) is 0 Å². The van der Waals surface area contributed by atoms with E-state index in [4.69, 9.17) is 0 Å². The molecule has 8 heteroatoms. The predicted octanol–water partition coefficient (Wildman–Crippen LogP) is 3.90. The van der Waals surface area contributed by atoms with E-state index in [0.29, 0.717) is 29.4 Å². The number of sulfonamides is 1. The quantitative estimate of drug-likeness (QED) is 0.615. The minimum Gasteiger partial charge on any atom is -0.326 e. The summed E-state index contributed by atoms with van der Waals surface area (Å²) in [5, 5.41) is 4.57. The number of thiazole rings is 1. The lowest BCUT2D eigenvalue weighted by atomic mass is 10.1. The molecule has 6 nitrogen and oxygen atoms in total. The third-order valence-corrected chi connectivity index (χ3v) is 7.10. The van der Waals surface area contributed by atoms with Gasteiger partial charge in [-0.15, -0.1) is 11.3 Å². The lowest BCUT2D eigenvalue weighted by Crippen LogP contribution is -2.17. The first-order valence-corrected chi connectivity index (χ1v) is 11.3. The van der Waals surface area contributed by atoms with Crippen LogP contribution in [0.3, 0.4) is 0 Å². The van der Waals surface area contributed by atoms with Gasteiger partial charge in [0.15, 0.2) is 5.13 Å². The summed E-state index contributed by atoms with van der Waals surface area (Å²) < 4.78 is 26.4. The number of benzene rings is 2. The minimum absolute atomic E-state index is 0.0806. The summed E-state index contributed by atoms with van der Waals surface area (Å²) in [7, 11) is -3.34. The normalized spacial score (nSPS) is 13.9. The number of hydrogen-bond donors (Lipinski definition) is 2. The molecule has 0 bridgehead atoms. The molecular formula is C20H19N3O3S2. The van der Waals surface area contributed by atoms with Crippen LogP contribution in [0.2, 0.25) is 0 Å². The van der Waals surface area contributed by atoms with E-state index in [1.807, 2.05) is 54.6 Å². The number of carbonyl (C=O) groups is 1. The highest BCUT2D eigenvalue weighted by atomic mass is 32.2. The Morgan fingerprint density at radius 1 is 1.07 bits per heavy atom. The second-order valence-electron chi connectivity index (χ2n) is 6.66. The molecule has 2 aromatic carbocycles. The number of rotatable bonds is 7. The Balaban J connectivity index is 1.38. The van der Waals surface area contributed by atoms with Gasteiger partial charge in [0.05, 0.1) is 17.4 Å². The molecule has 1 amide bonds. The first-order chi connectivity index (χ1) is 13.5. The Morgan fingerprint density at radius 3 is 2.57 bits per heavy atom. The van der Waals surface area contributed by atoms with E-state index in [1.165, 1.54) is 11.3 Å². The minimum atomic E-state index is -3.34. The Labute approximate surface area is 167 Å². The highest BCUT2D eigenvalue weighted by Crippen LogP contribution is 2.30. The Hall–Kier alpha value is -2.71. The largest absolute Gasteiger partial charge is 0.326 e. The molecule has 1 saturated carbocycles. The standard InChI is InChI=1S/C20H19N3O3S2/c24-19(12-17-13-27-20(22-17)23-28(25,26)18-9-10-18)21-16-8-4-7-15(11-16)14-5-2-1-3-6-14/h1-8,11,13,18H,9-10,12H2,(H,21,24)(H,22,23). The molecule has 0 radical (unpaired) electrons. The van der Waals surface area contributed by atoms with Crippen LogP contribution < -0.4 is 10.0 Å². The SMILES string of the molecule is O=C(Cc1csc(NS(=O)(=O)C2CC2)n1)Nc1cccc(-c2ccccc2)c1. The van der Waals surface area contributed by atoms with Crippen LogP contribution in [-0.4, -0.2) is 24.6 Å². The van der Waals surface area contributed by atoms with Gasteiger partial charge in [0.1, 0.15) is 0 Å². The van der Waals surface area contributed by atoms with Crippen LogP contribution in [0.25, 0.3) is 11.1 Å². The summed E-state index contributed by atoms with van der Waals surface area (Å²) in [6, 6.07) is 17.6. The number of carbonyl (C=O) groups excluding carboxylic acids is 1. The van der Waals surface area contributed by atoms with Crippen LogP contribution in [0.5, 0.6) is 0 Å². The third-order valence-electron chi connectivity index (χ3n) is 4.34. The zero-order valence-corrected chi connectivity index (χ0v) is 16.6. The van der Waals surface area contributed by atoms with E-state index >= 15 is 0 Å². The summed E-state index contributed by atoms with van der Waals surface area (Å²) in [5.74, 6) is -0.202. The van der Waals surface area contributed by atoms with Gasteiger partial charge in [-0.05, 0) is 36.1 Å². The van der Waals surface area contributed by atoms with E-state index in [1.54, 1.807) is 5.38 Å². The molecule has 0 unspecified atom stereocenters. The Morgan fingerprint density at radius 2 is 1.82 bits per heavy atom. The molecule has 2 N–H and O–H groups in total. The molecule has 1 aromatic heterocycles. The number of aromatic nitrogens is 1. The van der Waals surface area contributed by atoms with Crippen molar-refractivity contribution in [3.8, 4) is 11.1 Å². The van der Waals surface area contributed by atoms with Gasteiger partial charge in [-0.3, -0.25) is 9.52 Å². The van der Waals surface area contributed by atoms with E-state index in [9.17, 15) is 13.2 Å². The van der Waals surface area contributed by atoms with Gasteiger partial charge >= 0.3 is 0 Å². The van der Waals surface area contributed by atoms with E-state index in [2.05, 4.69) is 15.0 Å². The van der Waals surface area contributed by atoms with Crippen molar-refractivity contribution in [1.82, 2.24) is 4.98 Å². The van der Waals surface area contributed by atoms with Gasteiger partial charge in [-0.1, -0.05) is 42.5 Å². The number of nitrogens with zero attached hydrogens (tertiary/aromatic N) is 1. The maximum atomic E-state index is 12.4. The lowest BCUT2D eigenvalue weighted by molar-refractivity contribution is -0.115. The molecule has 28 heavy (non-hydrogen) atoms. The smallest absolute Gasteiger partial charge is 0.237 e. The van der Waals surface area contributed by atoms with E-state index in [0.717, 1.165) is 11.1 Å². The summed E-state index contributed by atoms with van der Waals surface area (Å²) in [5.41, 5.74) is 3.33. The van der Waals surface area contributed by atoms with Crippen LogP contribution in [0.1, 0.15) is 18.5 Å². The third kappa shape index (κ3) is 4.58. The lowest BCUT2D eigenvalue weighted by Gasteiger charge is -2.07. The van der Waals surface area contributed by atoms with Crippen LogP contribution in [-0.2, 0) is 21.2 Å². The van der Waals surface area contributed by atoms with Gasteiger partial charge in [-0.2, -0.15) is 0 Å². The van der Waals surface area contributed by atoms with Crippen LogP contribution >= 0.6 is 11.3 Å². The molecule has 0 aliphatic heterocycles. The predicted molar refractivity (Wildman–Crippen MR) is 112 cm³/mol. The fraction of sp³-hybridized carbons (Fsp3) is 0.200. The van der Waals surface area contributed by atoms with Gasteiger partial charge in [0.2, 0.25) is 15.9 Å². The molecular weight excluding hydrogens is 394 g/mol. The summed E-state index contributed by atoms with van der Waals surface area (Å²) >= 11 is 1.19. The first-order valence-electron chi connectivity index (χ1n) is 8.91.